The highest BCUT2D eigenvalue weighted by Crippen LogP contribution is 2.40. The highest BCUT2D eigenvalue weighted by Gasteiger charge is 2.44. The number of nitrogens with one attached hydrogen (secondary N) is 4. The van der Waals surface area contributed by atoms with Crippen molar-refractivity contribution in [2.45, 2.75) is 77.4 Å². The molecule has 8 rings (SSSR count). The second-order valence-corrected chi connectivity index (χ2v) is 18.2. The predicted molar refractivity (Wildman–Crippen MR) is 254 cm³/mol. The van der Waals surface area contributed by atoms with Crippen LogP contribution in [0.5, 0.6) is 0 Å². The van der Waals surface area contributed by atoms with E-state index in [0.717, 1.165) is 33.6 Å². The fourth-order valence-corrected chi connectivity index (χ4v) is 9.12. The van der Waals surface area contributed by atoms with Gasteiger partial charge in [0.2, 0.25) is 18.2 Å². The zero-order chi connectivity index (χ0) is 51.1. The fourth-order valence-electron chi connectivity index (χ4n) is 9.12. The third-order valence-electron chi connectivity index (χ3n) is 13.1. The van der Waals surface area contributed by atoms with Gasteiger partial charge in [-0.1, -0.05) is 86.7 Å². The molecule has 2 aliphatic rings. The normalized spacial score (nSPS) is 18.5. The van der Waals surface area contributed by atoms with Gasteiger partial charge in [0, 0.05) is 13.1 Å². The number of nitrogens with zero attached hydrogens (tertiary/aromatic N) is 10. The van der Waals surface area contributed by atoms with Gasteiger partial charge in [0.15, 0.2) is 5.69 Å². The first-order valence-electron chi connectivity index (χ1n) is 23.3. The topological polar surface area (TPSA) is 293 Å². The van der Waals surface area contributed by atoms with Crippen LogP contribution in [0.3, 0.4) is 0 Å². The van der Waals surface area contributed by atoms with E-state index in [4.69, 9.17) is 39.4 Å². The maximum Gasteiger partial charge on any atom is 0.407 e. The monoisotopic (exact) mass is 988 g/mol. The molecule has 2 saturated heterocycles. The Bertz CT molecular complexity index is 2860. The third-order valence-corrected chi connectivity index (χ3v) is 13.1. The second-order valence-electron chi connectivity index (χ2n) is 18.2. The van der Waals surface area contributed by atoms with Crippen LogP contribution in [0.4, 0.5) is 4.79 Å². The van der Waals surface area contributed by atoms with E-state index in [1.54, 1.807) is 37.8 Å². The summed E-state index contributed by atoms with van der Waals surface area (Å²) in [4.78, 5) is 93.3. The second kappa shape index (κ2) is 22.2. The van der Waals surface area contributed by atoms with Crippen molar-refractivity contribution >= 4 is 36.7 Å². The molecule has 0 bridgehead atoms. The van der Waals surface area contributed by atoms with Gasteiger partial charge in [-0.3, -0.25) is 19.8 Å². The molecule has 2 fully saturated rings. The zero-order valence-electron chi connectivity index (χ0n) is 40.5. The molecule has 4 N–H and O–H groups in total. The quantitative estimate of drug-likeness (QED) is 0.0114. The number of hydrogen-bond donors (Lipinski definition) is 4. The molecule has 0 aliphatic carbocycles. The summed E-state index contributed by atoms with van der Waals surface area (Å²) >= 11 is 0. The number of aromatic amines is 2. The molecule has 2 aliphatic heterocycles. The lowest BCUT2D eigenvalue weighted by Crippen LogP contribution is -2.51. The number of methoxy groups -OCH3 is 2. The van der Waals surface area contributed by atoms with E-state index in [-0.39, 0.29) is 61.2 Å². The average molecular weight is 989 g/mol. The molecule has 24 nitrogen and oxygen atoms in total. The first-order valence-corrected chi connectivity index (χ1v) is 23.3. The molecule has 0 radical (unpaired) electrons. The van der Waals surface area contributed by atoms with Gasteiger partial charge in [-0.2, -0.15) is 4.89 Å². The van der Waals surface area contributed by atoms with Crippen molar-refractivity contribution in [1.82, 2.24) is 65.0 Å². The molecule has 0 spiro atoms. The number of carbonyl (C=O) groups is 5. The molecule has 72 heavy (non-hydrogen) atoms. The van der Waals surface area contributed by atoms with Crippen molar-refractivity contribution in [2.24, 2.45) is 17.8 Å². The molecule has 24 heteroatoms. The SMILES string of the molecule is COC(=O)N[C@H](C(=O)N1C[C@H](n2cc(C(=O)OC)nn2)CC1c1ncc(-c2ccc(-c3ccc(-c4cnc([C@@H]5C[C@@H](n6cc(COC=O)nn6)CN5C(=O)[C@@H](COOC=N)C(C)C)[nH]4)cc3)cc2)[nH]1)C(C)C. The number of rotatable bonds is 20. The molecule has 0 saturated carbocycles. The molecule has 4 aromatic heterocycles. The van der Waals surface area contributed by atoms with Crippen LogP contribution in [0, 0.1) is 23.2 Å². The summed E-state index contributed by atoms with van der Waals surface area (Å²) in [5.41, 5.74) is 5.69. The summed E-state index contributed by atoms with van der Waals surface area (Å²) in [6, 6.07) is 13.5. The Kier molecular flexibility index (Phi) is 15.5. The van der Waals surface area contributed by atoms with Gasteiger partial charge in [-0.05, 0) is 46.9 Å². The van der Waals surface area contributed by atoms with Crippen LogP contribution >= 0.6 is 0 Å². The molecule has 2 aromatic carbocycles. The van der Waals surface area contributed by atoms with E-state index in [0.29, 0.717) is 49.6 Å². The van der Waals surface area contributed by atoms with Gasteiger partial charge in [-0.15, -0.1) is 10.2 Å². The molecule has 378 valence electrons. The van der Waals surface area contributed by atoms with E-state index >= 15 is 0 Å². The van der Waals surface area contributed by atoms with E-state index in [2.05, 4.69) is 35.9 Å². The number of H-pyrrole nitrogens is 2. The van der Waals surface area contributed by atoms with Crippen molar-refractivity contribution in [3.63, 3.8) is 0 Å². The van der Waals surface area contributed by atoms with E-state index in [9.17, 15) is 24.0 Å². The van der Waals surface area contributed by atoms with Gasteiger partial charge in [0.1, 0.15) is 36.6 Å². The number of imidazole rings is 2. The minimum absolute atomic E-state index is 0.0243. The fraction of sp³-hybridized carbons (Fsp3) is 0.417. The molecule has 6 aromatic rings. The van der Waals surface area contributed by atoms with Gasteiger partial charge in [-0.25, -0.2) is 28.9 Å². The smallest absolute Gasteiger partial charge is 0.407 e. The summed E-state index contributed by atoms with van der Waals surface area (Å²) in [5.74, 6) is -0.920. The van der Waals surface area contributed by atoms with Crippen LogP contribution in [-0.2, 0) is 45.0 Å². The van der Waals surface area contributed by atoms with Crippen LogP contribution in [0.25, 0.3) is 33.6 Å². The largest absolute Gasteiger partial charge is 0.464 e. The Labute approximate surface area is 413 Å². The number of esters is 1. The van der Waals surface area contributed by atoms with Crippen molar-refractivity contribution in [1.29, 1.82) is 5.41 Å². The van der Waals surface area contributed by atoms with Gasteiger partial charge in [0.05, 0.1) is 80.5 Å². The van der Waals surface area contributed by atoms with E-state index in [1.807, 2.05) is 76.2 Å². The van der Waals surface area contributed by atoms with Gasteiger partial charge >= 0.3 is 12.1 Å². The summed E-state index contributed by atoms with van der Waals surface area (Å²) < 4.78 is 17.7. The van der Waals surface area contributed by atoms with Crippen LogP contribution in [0.2, 0.25) is 0 Å². The Hall–Kier alpha value is -8.28. The molecule has 3 amide bonds. The summed E-state index contributed by atoms with van der Waals surface area (Å²) in [6.07, 6.45) is 7.47. The lowest BCUT2D eigenvalue weighted by molar-refractivity contribution is -0.229. The highest BCUT2D eigenvalue weighted by molar-refractivity contribution is 5.87. The molecule has 6 heterocycles. The lowest BCUT2D eigenvalue weighted by atomic mass is 9.95. The van der Waals surface area contributed by atoms with Crippen LogP contribution < -0.4 is 5.32 Å². The minimum Gasteiger partial charge on any atom is -0.464 e. The number of alkyl carbamates (subject to hydrolysis) is 1. The number of ether oxygens (including phenoxy) is 3. The number of likely N-dealkylation sites (tertiary alicyclic amines) is 2. The first kappa shape index (κ1) is 50.1. The van der Waals surface area contributed by atoms with Crippen LogP contribution in [-0.4, -0.2) is 136 Å². The Morgan fingerprint density at radius 3 is 1.81 bits per heavy atom. The average Bonchev–Trinajstić information content (AvgIpc) is 4.25. The number of amides is 3. The lowest BCUT2D eigenvalue weighted by Gasteiger charge is -2.29. The van der Waals surface area contributed by atoms with Gasteiger partial charge < -0.3 is 44.2 Å². The standard InChI is InChI=1S/C48H56N14O10/c1-27(2)36(24-71-72-25-49)45(64)59-20-34(61-19-33(55-57-61)23-70-26-63)15-40(59)43-50-17-37(52-43)31-11-7-29(8-12-31)30-9-13-32(14-10-30)38-18-51-44(53-38)41-16-35(62-22-39(56-58-62)47(66)68-5)21-60(41)46(65)42(28(3)4)54-48(67)69-6/h7-14,17-19,22,25-28,34-36,40-42,49H,15-16,20-21,23-24H2,1-6H3,(H,50,52)(H,51,53)(H,54,67)/t34-,35-,36+,40+,41?,42+/m1/s1. The van der Waals surface area contributed by atoms with Crippen LogP contribution in [0.1, 0.15) is 92.5 Å². The minimum atomic E-state index is -0.883. The Morgan fingerprint density at radius 1 is 0.750 bits per heavy atom. The Morgan fingerprint density at radius 2 is 1.29 bits per heavy atom. The van der Waals surface area contributed by atoms with E-state index in [1.165, 1.54) is 20.4 Å². The van der Waals surface area contributed by atoms with Crippen LogP contribution in [0.15, 0.2) is 73.3 Å². The maximum absolute atomic E-state index is 14.2. The van der Waals surface area contributed by atoms with Gasteiger partial charge in [0.25, 0.3) is 6.47 Å². The molecule has 1 unspecified atom stereocenters. The van der Waals surface area contributed by atoms with E-state index < -0.39 is 36.1 Å². The van der Waals surface area contributed by atoms with Crippen molar-refractivity contribution in [3.05, 3.63) is 96.4 Å². The predicted octanol–water partition coefficient (Wildman–Crippen LogP) is 5.01. The summed E-state index contributed by atoms with van der Waals surface area (Å²) in [7, 11) is 2.50. The first-order chi connectivity index (χ1) is 34.8. The van der Waals surface area contributed by atoms with Crippen molar-refractivity contribution < 1.29 is 48.0 Å². The molecular formula is C48H56N14O10. The number of benzene rings is 2. The highest BCUT2D eigenvalue weighted by atomic mass is 17.2. The third kappa shape index (κ3) is 10.9. The number of hydrogen-bond acceptors (Lipinski definition) is 17. The van der Waals surface area contributed by atoms with Crippen molar-refractivity contribution in [2.75, 3.05) is 33.9 Å². The van der Waals surface area contributed by atoms with Crippen molar-refractivity contribution in [3.8, 4) is 33.6 Å². The maximum atomic E-state index is 14.2. The Balaban J connectivity index is 0.980. The number of aromatic nitrogens is 10. The summed E-state index contributed by atoms with van der Waals surface area (Å²) in [5, 5.41) is 26.3. The zero-order valence-corrected chi connectivity index (χ0v) is 40.5. The summed E-state index contributed by atoms with van der Waals surface area (Å²) in [6.45, 7) is 8.31. The molecular weight excluding hydrogens is 933 g/mol. The molecule has 6 atom stereocenters. The number of carbonyl (C=O) groups excluding carboxylic acids is 5.